The minimum absolute atomic E-state index is 0.170. The molecule has 0 atom stereocenters. The van der Waals surface area contributed by atoms with Gasteiger partial charge in [-0.05, 0) is 19.2 Å². The lowest BCUT2D eigenvalue weighted by Crippen LogP contribution is -2.16. The number of carbonyl (C=O) groups is 1. The molecule has 1 amide bonds. The van der Waals surface area contributed by atoms with Gasteiger partial charge in [-0.3, -0.25) is 4.79 Å². The fraction of sp³-hybridized carbons (Fsp3) is 0.200. The lowest BCUT2D eigenvalue weighted by Gasteiger charge is -2.07. The Morgan fingerprint density at radius 1 is 1.33 bits per heavy atom. The molecule has 0 aliphatic heterocycles. The van der Waals surface area contributed by atoms with E-state index in [9.17, 15) is 4.79 Å². The van der Waals surface area contributed by atoms with Crippen LogP contribution < -0.4 is 16.8 Å². The predicted molar refractivity (Wildman–Crippen MR) is 84.1 cm³/mol. The van der Waals surface area contributed by atoms with E-state index >= 15 is 0 Å². The normalized spacial score (nSPS) is 11.3. The molecule has 0 saturated heterocycles. The average molecular weight is 283 g/mol. The van der Waals surface area contributed by atoms with Crippen LogP contribution in [0, 0.1) is 0 Å². The number of para-hydroxylation sites is 1. The molecule has 0 aliphatic carbocycles. The van der Waals surface area contributed by atoms with Gasteiger partial charge in [-0.2, -0.15) is 0 Å². The van der Waals surface area contributed by atoms with Crippen LogP contribution in [-0.4, -0.2) is 29.1 Å². The molecule has 0 unspecified atom stereocenters. The average Bonchev–Trinajstić information content (AvgIpc) is 2.77. The summed E-state index contributed by atoms with van der Waals surface area (Å²) in [6, 6.07) is 9.72. The monoisotopic (exact) mass is 283 g/mol. The Bertz CT molecular complexity index is 837. The molecule has 0 fully saturated rings. The Kier molecular flexibility index (Phi) is 3.23. The number of anilines is 1. The quantitative estimate of drug-likeness (QED) is 0.667. The number of carbonyl (C=O) groups excluding carboxylic acids is 1. The second-order valence-electron chi connectivity index (χ2n) is 4.93. The van der Waals surface area contributed by atoms with Gasteiger partial charge in [0.2, 0.25) is 0 Å². The van der Waals surface area contributed by atoms with Gasteiger partial charge in [0.15, 0.2) is 0 Å². The van der Waals surface area contributed by atoms with Crippen molar-refractivity contribution >= 4 is 33.7 Å². The summed E-state index contributed by atoms with van der Waals surface area (Å²) in [6.45, 7) is 1.58. The van der Waals surface area contributed by atoms with Gasteiger partial charge in [0.1, 0.15) is 11.5 Å². The summed E-state index contributed by atoms with van der Waals surface area (Å²) in [7, 11) is 1.90. The highest BCUT2D eigenvalue weighted by molar-refractivity contribution is 6.10. The largest absolute Gasteiger partial charge is 0.383 e. The predicted octanol–water partition coefficient (Wildman–Crippen LogP) is 1.09. The molecular formula is C15H17N5O. The van der Waals surface area contributed by atoms with Gasteiger partial charge >= 0.3 is 0 Å². The topological polar surface area (TPSA) is 99.0 Å². The number of fused-ring (bicyclic) bond motifs is 3. The van der Waals surface area contributed by atoms with Crippen molar-refractivity contribution < 1.29 is 4.79 Å². The smallest absolute Gasteiger partial charge is 0.252 e. The van der Waals surface area contributed by atoms with Crippen LogP contribution in [0.5, 0.6) is 0 Å². The molecule has 3 rings (SSSR count). The van der Waals surface area contributed by atoms with E-state index in [4.69, 9.17) is 11.5 Å². The summed E-state index contributed by atoms with van der Waals surface area (Å²) in [6.07, 6.45) is 0. The minimum atomic E-state index is -0.561. The van der Waals surface area contributed by atoms with E-state index in [1.807, 2.05) is 31.3 Å². The minimum Gasteiger partial charge on any atom is -0.383 e. The third kappa shape index (κ3) is 2.09. The van der Waals surface area contributed by atoms with Crippen LogP contribution in [0.2, 0.25) is 0 Å². The molecule has 0 spiro atoms. The summed E-state index contributed by atoms with van der Waals surface area (Å²) < 4.78 is 2.10. The summed E-state index contributed by atoms with van der Waals surface area (Å²) >= 11 is 0. The number of likely N-dealkylation sites (N-methyl/N-ethyl adjacent to an activating group) is 1. The van der Waals surface area contributed by atoms with Crippen LogP contribution in [0.4, 0.5) is 5.82 Å². The Morgan fingerprint density at radius 2 is 2.10 bits per heavy atom. The van der Waals surface area contributed by atoms with Crippen molar-refractivity contribution in [1.82, 2.24) is 14.9 Å². The molecule has 3 aromatic rings. The van der Waals surface area contributed by atoms with Crippen molar-refractivity contribution in [2.45, 2.75) is 6.54 Å². The van der Waals surface area contributed by atoms with E-state index in [-0.39, 0.29) is 11.4 Å². The van der Waals surface area contributed by atoms with Crippen molar-refractivity contribution in [3.05, 3.63) is 35.9 Å². The third-order valence-corrected chi connectivity index (χ3v) is 3.62. The Labute approximate surface area is 121 Å². The summed E-state index contributed by atoms with van der Waals surface area (Å²) in [5, 5.41) is 5.06. The lowest BCUT2D eigenvalue weighted by molar-refractivity contribution is 0.100. The molecule has 0 saturated carbocycles. The zero-order chi connectivity index (χ0) is 15.0. The number of primary amides is 1. The molecule has 6 heteroatoms. The lowest BCUT2D eigenvalue weighted by atomic mass is 10.1. The Balaban J connectivity index is 2.37. The van der Waals surface area contributed by atoms with Gasteiger partial charge in [0.05, 0.1) is 11.1 Å². The molecular weight excluding hydrogens is 266 g/mol. The second-order valence-corrected chi connectivity index (χ2v) is 4.93. The van der Waals surface area contributed by atoms with Crippen LogP contribution in [0.1, 0.15) is 10.4 Å². The zero-order valence-corrected chi connectivity index (χ0v) is 11.8. The zero-order valence-electron chi connectivity index (χ0n) is 11.8. The maximum Gasteiger partial charge on any atom is 0.252 e. The van der Waals surface area contributed by atoms with Crippen LogP contribution in [-0.2, 0) is 6.54 Å². The fourth-order valence-corrected chi connectivity index (χ4v) is 2.62. The number of amides is 1. The second kappa shape index (κ2) is 5.06. The van der Waals surface area contributed by atoms with Crippen LogP contribution >= 0.6 is 0 Å². The molecule has 2 aromatic heterocycles. The number of nitrogen functional groups attached to an aromatic ring is 1. The van der Waals surface area contributed by atoms with Gasteiger partial charge < -0.3 is 21.4 Å². The third-order valence-electron chi connectivity index (χ3n) is 3.62. The number of rotatable bonds is 4. The summed E-state index contributed by atoms with van der Waals surface area (Å²) in [5.74, 6) is -0.391. The summed E-state index contributed by atoms with van der Waals surface area (Å²) in [5.41, 5.74) is 13.3. The summed E-state index contributed by atoms with van der Waals surface area (Å²) in [4.78, 5) is 15.9. The SMILES string of the molecule is CNCCn1c2ccccc2c2cc(C(N)=O)c(N)nc21. The molecule has 108 valence electrons. The van der Waals surface area contributed by atoms with E-state index in [2.05, 4.69) is 14.9 Å². The molecule has 0 bridgehead atoms. The van der Waals surface area contributed by atoms with Crippen LogP contribution in [0.3, 0.4) is 0 Å². The van der Waals surface area contributed by atoms with Gasteiger partial charge in [-0.1, -0.05) is 18.2 Å². The highest BCUT2D eigenvalue weighted by atomic mass is 16.1. The van der Waals surface area contributed by atoms with E-state index in [1.54, 1.807) is 6.07 Å². The maximum absolute atomic E-state index is 11.5. The van der Waals surface area contributed by atoms with E-state index < -0.39 is 5.91 Å². The first-order valence-corrected chi connectivity index (χ1v) is 6.75. The van der Waals surface area contributed by atoms with Crippen LogP contribution in [0.15, 0.2) is 30.3 Å². The number of nitrogens with one attached hydrogen (secondary N) is 1. The number of pyridine rings is 1. The number of nitrogens with two attached hydrogens (primary N) is 2. The van der Waals surface area contributed by atoms with E-state index in [1.165, 1.54) is 0 Å². The highest BCUT2D eigenvalue weighted by Gasteiger charge is 2.16. The maximum atomic E-state index is 11.5. The number of benzene rings is 1. The van der Waals surface area contributed by atoms with Crippen molar-refractivity contribution in [3.63, 3.8) is 0 Å². The van der Waals surface area contributed by atoms with Crippen molar-refractivity contribution in [2.24, 2.45) is 5.73 Å². The van der Waals surface area contributed by atoms with Crippen molar-refractivity contribution in [3.8, 4) is 0 Å². The molecule has 5 N–H and O–H groups in total. The number of aromatic nitrogens is 2. The van der Waals surface area contributed by atoms with Crippen molar-refractivity contribution in [2.75, 3.05) is 19.3 Å². The van der Waals surface area contributed by atoms with Gasteiger partial charge in [-0.25, -0.2) is 4.98 Å². The first-order chi connectivity index (χ1) is 10.1. The molecule has 1 aromatic carbocycles. The number of nitrogens with zero attached hydrogens (tertiary/aromatic N) is 2. The van der Waals surface area contributed by atoms with E-state index in [0.29, 0.717) is 0 Å². The number of hydrogen-bond donors (Lipinski definition) is 3. The molecule has 0 aliphatic rings. The van der Waals surface area contributed by atoms with Gasteiger partial charge in [0.25, 0.3) is 5.91 Å². The first-order valence-electron chi connectivity index (χ1n) is 6.75. The number of hydrogen-bond acceptors (Lipinski definition) is 4. The van der Waals surface area contributed by atoms with Crippen LogP contribution in [0.25, 0.3) is 21.9 Å². The molecule has 0 radical (unpaired) electrons. The fourth-order valence-electron chi connectivity index (χ4n) is 2.62. The Hall–Kier alpha value is -2.60. The molecule has 6 nitrogen and oxygen atoms in total. The Morgan fingerprint density at radius 3 is 2.81 bits per heavy atom. The van der Waals surface area contributed by atoms with Crippen molar-refractivity contribution in [1.29, 1.82) is 0 Å². The highest BCUT2D eigenvalue weighted by Crippen LogP contribution is 2.29. The first kappa shape index (κ1) is 13.4. The van der Waals surface area contributed by atoms with Gasteiger partial charge in [-0.15, -0.1) is 0 Å². The standard InChI is InChI=1S/C15H17N5O/c1-18-6-7-20-12-5-3-2-4-9(12)10-8-11(14(17)21)13(16)19-15(10)20/h2-5,8,18H,6-7H2,1H3,(H2,16,19)(H2,17,21). The van der Waals surface area contributed by atoms with E-state index in [0.717, 1.165) is 35.0 Å². The molecule has 2 heterocycles. The molecule has 21 heavy (non-hydrogen) atoms. The van der Waals surface area contributed by atoms with Gasteiger partial charge in [0, 0.05) is 23.9 Å².